The number of hydrogen-bond acceptors (Lipinski definition) is 2. The van der Waals surface area contributed by atoms with Crippen LogP contribution in [-0.4, -0.2) is 17.6 Å². The van der Waals surface area contributed by atoms with Crippen molar-refractivity contribution in [3.63, 3.8) is 0 Å². The molecule has 2 N–H and O–H groups in total. The molecule has 2 rings (SSSR count). The first-order valence-corrected chi connectivity index (χ1v) is 7.31. The zero-order chi connectivity index (χ0) is 15.9. The van der Waals surface area contributed by atoms with E-state index in [0.29, 0.717) is 6.42 Å². The number of carbonyl (C=O) groups is 1. The van der Waals surface area contributed by atoms with E-state index in [1.54, 1.807) is 12.1 Å². The summed E-state index contributed by atoms with van der Waals surface area (Å²) in [6.07, 6.45) is 0.0212. The van der Waals surface area contributed by atoms with Crippen LogP contribution in [0, 0.1) is 12.7 Å². The first-order chi connectivity index (χ1) is 10.6. The standard InChI is InChI=1S/C18H20FNO2/c1-13-5-2-3-8-16(13)17(21)12-20-18(22)10-9-14-6-4-7-15(19)11-14/h2-8,11,17,21H,9-10,12H2,1H3,(H,20,22). The van der Waals surface area contributed by atoms with Gasteiger partial charge in [0.25, 0.3) is 0 Å². The average Bonchev–Trinajstić information content (AvgIpc) is 2.51. The van der Waals surface area contributed by atoms with E-state index in [9.17, 15) is 14.3 Å². The fraction of sp³-hybridized carbons (Fsp3) is 0.278. The van der Waals surface area contributed by atoms with Crippen LogP contribution in [0.3, 0.4) is 0 Å². The SMILES string of the molecule is Cc1ccccc1C(O)CNC(=O)CCc1cccc(F)c1. The summed E-state index contributed by atoms with van der Waals surface area (Å²) in [5, 5.41) is 12.8. The van der Waals surface area contributed by atoms with E-state index < -0.39 is 6.10 Å². The van der Waals surface area contributed by atoms with Gasteiger partial charge in [0.1, 0.15) is 5.82 Å². The van der Waals surface area contributed by atoms with Crippen LogP contribution in [0.5, 0.6) is 0 Å². The van der Waals surface area contributed by atoms with Crippen molar-refractivity contribution < 1.29 is 14.3 Å². The van der Waals surface area contributed by atoms with Gasteiger partial charge in [-0.25, -0.2) is 4.39 Å². The fourth-order valence-corrected chi connectivity index (χ4v) is 2.32. The second kappa shape index (κ2) is 7.71. The molecule has 0 bridgehead atoms. The highest BCUT2D eigenvalue weighted by Crippen LogP contribution is 2.16. The van der Waals surface area contributed by atoms with Crippen molar-refractivity contribution in [1.29, 1.82) is 0 Å². The Kier molecular flexibility index (Phi) is 5.67. The molecule has 4 heteroatoms. The topological polar surface area (TPSA) is 49.3 Å². The third kappa shape index (κ3) is 4.67. The number of halogens is 1. The molecule has 1 unspecified atom stereocenters. The molecule has 1 atom stereocenters. The molecule has 0 aliphatic rings. The summed E-state index contributed by atoms with van der Waals surface area (Å²) >= 11 is 0. The first-order valence-electron chi connectivity index (χ1n) is 7.31. The molecule has 0 fully saturated rings. The molecule has 0 radical (unpaired) electrons. The molecule has 22 heavy (non-hydrogen) atoms. The lowest BCUT2D eigenvalue weighted by molar-refractivity contribution is -0.121. The lowest BCUT2D eigenvalue weighted by atomic mass is 10.0. The number of hydrogen-bond donors (Lipinski definition) is 2. The van der Waals surface area contributed by atoms with Gasteiger partial charge in [0.15, 0.2) is 0 Å². The van der Waals surface area contributed by atoms with Crippen molar-refractivity contribution in [2.45, 2.75) is 25.9 Å². The van der Waals surface area contributed by atoms with Crippen LogP contribution in [0.4, 0.5) is 4.39 Å². The predicted octanol–water partition coefficient (Wildman–Crippen LogP) is 2.92. The Hall–Kier alpha value is -2.20. The Balaban J connectivity index is 1.79. The minimum absolute atomic E-state index is 0.156. The van der Waals surface area contributed by atoms with Crippen molar-refractivity contribution in [2.75, 3.05) is 6.54 Å². The van der Waals surface area contributed by atoms with E-state index in [1.807, 2.05) is 31.2 Å². The minimum atomic E-state index is -0.723. The number of aliphatic hydroxyl groups excluding tert-OH is 1. The van der Waals surface area contributed by atoms with E-state index in [1.165, 1.54) is 12.1 Å². The molecule has 0 spiro atoms. The number of aliphatic hydroxyl groups is 1. The normalized spacial score (nSPS) is 12.0. The lowest BCUT2D eigenvalue weighted by Crippen LogP contribution is -2.28. The van der Waals surface area contributed by atoms with Crippen molar-refractivity contribution in [3.05, 3.63) is 71.0 Å². The maximum Gasteiger partial charge on any atom is 0.220 e. The monoisotopic (exact) mass is 301 g/mol. The van der Waals surface area contributed by atoms with Gasteiger partial charge in [-0.3, -0.25) is 4.79 Å². The van der Waals surface area contributed by atoms with Crippen molar-refractivity contribution >= 4 is 5.91 Å². The number of benzene rings is 2. The van der Waals surface area contributed by atoms with Gasteiger partial charge in [-0.05, 0) is 42.2 Å². The van der Waals surface area contributed by atoms with Gasteiger partial charge < -0.3 is 10.4 Å². The lowest BCUT2D eigenvalue weighted by Gasteiger charge is -2.14. The van der Waals surface area contributed by atoms with E-state index in [4.69, 9.17) is 0 Å². The van der Waals surface area contributed by atoms with E-state index in [0.717, 1.165) is 16.7 Å². The summed E-state index contributed by atoms with van der Waals surface area (Å²) in [4.78, 5) is 11.8. The molecular formula is C18H20FNO2. The Bertz CT molecular complexity index is 642. The molecule has 0 aromatic heterocycles. The van der Waals surface area contributed by atoms with Gasteiger partial charge in [-0.15, -0.1) is 0 Å². The number of aryl methyl sites for hydroxylation is 2. The molecule has 2 aromatic rings. The summed E-state index contributed by atoms with van der Waals surface area (Å²) in [6, 6.07) is 13.8. The highest BCUT2D eigenvalue weighted by atomic mass is 19.1. The van der Waals surface area contributed by atoms with Crippen LogP contribution in [-0.2, 0) is 11.2 Å². The fourth-order valence-electron chi connectivity index (χ4n) is 2.32. The van der Waals surface area contributed by atoms with Crippen LogP contribution in [0.2, 0.25) is 0 Å². The molecule has 0 saturated carbocycles. The number of amides is 1. The third-order valence-corrected chi connectivity index (χ3v) is 3.57. The maximum atomic E-state index is 13.0. The van der Waals surface area contributed by atoms with Gasteiger partial charge in [0.2, 0.25) is 5.91 Å². The smallest absolute Gasteiger partial charge is 0.220 e. The molecule has 1 amide bonds. The molecule has 0 aliphatic carbocycles. The molecule has 3 nitrogen and oxygen atoms in total. The van der Waals surface area contributed by atoms with Crippen LogP contribution in [0.25, 0.3) is 0 Å². The van der Waals surface area contributed by atoms with Crippen LogP contribution < -0.4 is 5.32 Å². The third-order valence-electron chi connectivity index (χ3n) is 3.57. The van der Waals surface area contributed by atoms with Crippen LogP contribution in [0.15, 0.2) is 48.5 Å². The molecule has 0 saturated heterocycles. The maximum absolute atomic E-state index is 13.0. The van der Waals surface area contributed by atoms with Gasteiger partial charge in [0, 0.05) is 13.0 Å². The Morgan fingerprint density at radius 2 is 2.00 bits per heavy atom. The van der Waals surface area contributed by atoms with Gasteiger partial charge in [0.05, 0.1) is 6.10 Å². The second-order valence-electron chi connectivity index (χ2n) is 5.31. The largest absolute Gasteiger partial charge is 0.387 e. The van der Waals surface area contributed by atoms with Crippen molar-refractivity contribution in [2.24, 2.45) is 0 Å². The van der Waals surface area contributed by atoms with E-state index >= 15 is 0 Å². The zero-order valence-corrected chi connectivity index (χ0v) is 12.6. The summed E-state index contributed by atoms with van der Waals surface area (Å²) in [5.41, 5.74) is 2.59. The zero-order valence-electron chi connectivity index (χ0n) is 12.6. The Labute approximate surface area is 129 Å². The molecule has 116 valence electrons. The number of carbonyl (C=O) groups excluding carboxylic acids is 1. The summed E-state index contributed by atoms with van der Waals surface area (Å²) in [7, 11) is 0. The molecule has 0 heterocycles. The van der Waals surface area contributed by atoms with Gasteiger partial charge in [-0.2, -0.15) is 0 Å². The summed E-state index contributed by atoms with van der Waals surface area (Å²) in [5.74, 6) is -0.454. The van der Waals surface area contributed by atoms with Crippen molar-refractivity contribution in [1.82, 2.24) is 5.32 Å². The summed E-state index contributed by atoms with van der Waals surface area (Å²) in [6.45, 7) is 2.09. The minimum Gasteiger partial charge on any atom is -0.387 e. The molecular weight excluding hydrogens is 281 g/mol. The molecule has 2 aromatic carbocycles. The Morgan fingerprint density at radius 1 is 1.23 bits per heavy atom. The highest BCUT2D eigenvalue weighted by Gasteiger charge is 2.11. The van der Waals surface area contributed by atoms with Gasteiger partial charge >= 0.3 is 0 Å². The average molecular weight is 301 g/mol. The summed E-state index contributed by atoms with van der Waals surface area (Å²) < 4.78 is 13.0. The van der Waals surface area contributed by atoms with Crippen LogP contribution in [0.1, 0.15) is 29.2 Å². The highest BCUT2D eigenvalue weighted by molar-refractivity contribution is 5.76. The number of rotatable bonds is 6. The van der Waals surface area contributed by atoms with Crippen molar-refractivity contribution in [3.8, 4) is 0 Å². The molecule has 0 aliphatic heterocycles. The predicted molar refractivity (Wildman–Crippen MR) is 83.9 cm³/mol. The van der Waals surface area contributed by atoms with E-state index in [2.05, 4.69) is 5.32 Å². The van der Waals surface area contributed by atoms with E-state index in [-0.39, 0.29) is 24.7 Å². The quantitative estimate of drug-likeness (QED) is 0.862. The van der Waals surface area contributed by atoms with Crippen LogP contribution >= 0.6 is 0 Å². The number of nitrogens with one attached hydrogen (secondary N) is 1. The van der Waals surface area contributed by atoms with Gasteiger partial charge in [-0.1, -0.05) is 36.4 Å². The first kappa shape index (κ1) is 16.2. The Morgan fingerprint density at radius 3 is 2.73 bits per heavy atom. The second-order valence-corrected chi connectivity index (χ2v) is 5.31.